The minimum Gasteiger partial charge on any atom is -0.347 e. The summed E-state index contributed by atoms with van der Waals surface area (Å²) >= 11 is 0. The molecule has 1 atom stereocenters. The van der Waals surface area contributed by atoms with Crippen molar-refractivity contribution in [2.45, 2.75) is 33.7 Å². The van der Waals surface area contributed by atoms with Gasteiger partial charge in [0.1, 0.15) is 0 Å². The summed E-state index contributed by atoms with van der Waals surface area (Å²) in [6.45, 7) is 8.54. The fraction of sp³-hybridized carbons (Fsp3) is 0.375. The summed E-state index contributed by atoms with van der Waals surface area (Å²) in [5.41, 5.74) is 3.58. The van der Waals surface area contributed by atoms with Gasteiger partial charge >= 0.3 is 0 Å². The second-order valence-corrected chi connectivity index (χ2v) is 5.24. The molecule has 0 aliphatic heterocycles. The van der Waals surface area contributed by atoms with E-state index >= 15 is 0 Å². The van der Waals surface area contributed by atoms with Gasteiger partial charge in [0, 0.05) is 11.9 Å². The summed E-state index contributed by atoms with van der Waals surface area (Å²) in [4.78, 5) is 8.72. The van der Waals surface area contributed by atoms with Crippen LogP contribution in [-0.2, 0) is 0 Å². The molecule has 0 saturated heterocycles. The van der Waals surface area contributed by atoms with E-state index in [1.54, 1.807) is 6.20 Å². The van der Waals surface area contributed by atoms with Crippen molar-refractivity contribution in [3.63, 3.8) is 0 Å². The molecule has 1 aromatic carbocycles. The second-order valence-electron chi connectivity index (χ2n) is 5.24. The molecule has 19 heavy (non-hydrogen) atoms. The Hall–Kier alpha value is -1.90. The molecule has 0 saturated carbocycles. The van der Waals surface area contributed by atoms with Crippen molar-refractivity contribution in [2.24, 2.45) is 5.92 Å². The SMILES string of the molecule is Cc1ccnc(NC(c2ccccc2C)C(C)C)n1. The van der Waals surface area contributed by atoms with Crippen LogP contribution in [0.2, 0.25) is 0 Å². The van der Waals surface area contributed by atoms with Gasteiger partial charge in [-0.05, 0) is 37.0 Å². The molecule has 3 nitrogen and oxygen atoms in total. The molecule has 0 aliphatic rings. The van der Waals surface area contributed by atoms with Crippen LogP contribution in [0, 0.1) is 19.8 Å². The van der Waals surface area contributed by atoms with Crippen molar-refractivity contribution in [2.75, 3.05) is 5.32 Å². The van der Waals surface area contributed by atoms with E-state index in [4.69, 9.17) is 0 Å². The molecule has 3 heteroatoms. The molecule has 0 radical (unpaired) electrons. The average molecular weight is 255 g/mol. The molecule has 1 unspecified atom stereocenters. The van der Waals surface area contributed by atoms with Crippen LogP contribution < -0.4 is 5.32 Å². The van der Waals surface area contributed by atoms with Crippen LogP contribution in [0.5, 0.6) is 0 Å². The largest absolute Gasteiger partial charge is 0.347 e. The van der Waals surface area contributed by atoms with Crippen molar-refractivity contribution < 1.29 is 0 Å². The molecular formula is C16H21N3. The number of nitrogens with one attached hydrogen (secondary N) is 1. The van der Waals surface area contributed by atoms with Gasteiger partial charge in [-0.15, -0.1) is 0 Å². The molecular weight excluding hydrogens is 234 g/mol. The third-order valence-corrected chi connectivity index (χ3v) is 3.27. The van der Waals surface area contributed by atoms with Gasteiger partial charge in [0.2, 0.25) is 5.95 Å². The highest BCUT2D eigenvalue weighted by Gasteiger charge is 2.18. The van der Waals surface area contributed by atoms with Gasteiger partial charge in [0.15, 0.2) is 0 Å². The van der Waals surface area contributed by atoms with E-state index in [0.29, 0.717) is 11.9 Å². The Bertz CT molecular complexity index is 549. The topological polar surface area (TPSA) is 37.8 Å². The number of hydrogen-bond donors (Lipinski definition) is 1. The van der Waals surface area contributed by atoms with E-state index < -0.39 is 0 Å². The van der Waals surface area contributed by atoms with Gasteiger partial charge < -0.3 is 5.32 Å². The van der Waals surface area contributed by atoms with Crippen molar-refractivity contribution >= 4 is 5.95 Å². The Balaban J connectivity index is 2.29. The lowest BCUT2D eigenvalue weighted by atomic mass is 9.93. The number of anilines is 1. The Morgan fingerprint density at radius 2 is 1.79 bits per heavy atom. The number of aryl methyl sites for hydroxylation is 2. The maximum absolute atomic E-state index is 4.43. The molecule has 0 amide bonds. The normalized spacial score (nSPS) is 12.5. The zero-order valence-electron chi connectivity index (χ0n) is 12.0. The van der Waals surface area contributed by atoms with Crippen molar-refractivity contribution in [3.05, 3.63) is 53.3 Å². The first-order valence-electron chi connectivity index (χ1n) is 6.69. The van der Waals surface area contributed by atoms with Gasteiger partial charge in [0.05, 0.1) is 6.04 Å². The third kappa shape index (κ3) is 3.31. The van der Waals surface area contributed by atoms with E-state index in [2.05, 4.69) is 60.3 Å². The summed E-state index contributed by atoms with van der Waals surface area (Å²) in [7, 11) is 0. The maximum Gasteiger partial charge on any atom is 0.223 e. The predicted octanol–water partition coefficient (Wildman–Crippen LogP) is 3.90. The minimum atomic E-state index is 0.225. The Labute approximate surface area is 115 Å². The first kappa shape index (κ1) is 13.5. The van der Waals surface area contributed by atoms with E-state index in [0.717, 1.165) is 5.69 Å². The van der Waals surface area contributed by atoms with Crippen molar-refractivity contribution in [1.82, 2.24) is 9.97 Å². The number of rotatable bonds is 4. The number of nitrogens with zero attached hydrogens (tertiary/aromatic N) is 2. The van der Waals surface area contributed by atoms with Crippen LogP contribution in [-0.4, -0.2) is 9.97 Å². The van der Waals surface area contributed by atoms with Gasteiger partial charge in [-0.1, -0.05) is 38.1 Å². The molecule has 2 aromatic rings. The van der Waals surface area contributed by atoms with Crippen LogP contribution in [0.3, 0.4) is 0 Å². The molecule has 1 N–H and O–H groups in total. The Kier molecular flexibility index (Phi) is 4.15. The summed E-state index contributed by atoms with van der Waals surface area (Å²) in [6.07, 6.45) is 1.79. The van der Waals surface area contributed by atoms with Gasteiger partial charge in [-0.2, -0.15) is 0 Å². The fourth-order valence-corrected chi connectivity index (χ4v) is 2.20. The third-order valence-electron chi connectivity index (χ3n) is 3.27. The zero-order valence-corrected chi connectivity index (χ0v) is 12.0. The molecule has 1 aromatic heterocycles. The van der Waals surface area contributed by atoms with Crippen LogP contribution in [0.1, 0.15) is 36.7 Å². The van der Waals surface area contributed by atoms with Crippen molar-refractivity contribution in [1.29, 1.82) is 0 Å². The molecule has 0 spiro atoms. The van der Waals surface area contributed by atoms with Crippen LogP contribution >= 0.6 is 0 Å². The highest BCUT2D eigenvalue weighted by molar-refractivity contribution is 5.36. The first-order valence-corrected chi connectivity index (χ1v) is 6.69. The van der Waals surface area contributed by atoms with E-state index in [9.17, 15) is 0 Å². The first-order chi connectivity index (χ1) is 9.08. The number of hydrogen-bond acceptors (Lipinski definition) is 3. The smallest absolute Gasteiger partial charge is 0.223 e. The summed E-state index contributed by atoms with van der Waals surface area (Å²) in [5.74, 6) is 1.16. The Morgan fingerprint density at radius 3 is 2.42 bits per heavy atom. The lowest BCUT2D eigenvalue weighted by molar-refractivity contribution is 0.540. The highest BCUT2D eigenvalue weighted by Crippen LogP contribution is 2.27. The van der Waals surface area contributed by atoms with E-state index in [1.165, 1.54) is 11.1 Å². The molecule has 100 valence electrons. The second kappa shape index (κ2) is 5.83. The molecule has 0 aliphatic carbocycles. The van der Waals surface area contributed by atoms with Crippen LogP contribution in [0.25, 0.3) is 0 Å². The molecule has 2 rings (SSSR count). The predicted molar refractivity (Wildman–Crippen MR) is 79.1 cm³/mol. The van der Waals surface area contributed by atoms with Gasteiger partial charge in [-0.3, -0.25) is 0 Å². The summed E-state index contributed by atoms with van der Waals surface area (Å²) in [5, 5.41) is 3.45. The standard InChI is InChI=1S/C16H21N3/c1-11(2)15(14-8-6-5-7-12(14)3)19-16-17-10-9-13(4)18-16/h5-11,15H,1-4H3,(H,17,18,19). The number of aromatic nitrogens is 2. The lowest BCUT2D eigenvalue weighted by Gasteiger charge is -2.24. The van der Waals surface area contributed by atoms with Gasteiger partial charge in [-0.25, -0.2) is 9.97 Å². The molecule has 0 fully saturated rings. The zero-order chi connectivity index (χ0) is 13.8. The fourth-order valence-electron chi connectivity index (χ4n) is 2.20. The minimum absolute atomic E-state index is 0.225. The van der Waals surface area contributed by atoms with Crippen LogP contribution in [0.4, 0.5) is 5.95 Å². The van der Waals surface area contributed by atoms with E-state index in [1.807, 2.05) is 13.0 Å². The van der Waals surface area contributed by atoms with Gasteiger partial charge in [0.25, 0.3) is 0 Å². The quantitative estimate of drug-likeness (QED) is 0.900. The number of benzene rings is 1. The highest BCUT2D eigenvalue weighted by atomic mass is 15.1. The lowest BCUT2D eigenvalue weighted by Crippen LogP contribution is -2.19. The Morgan fingerprint density at radius 1 is 1.05 bits per heavy atom. The van der Waals surface area contributed by atoms with Crippen molar-refractivity contribution in [3.8, 4) is 0 Å². The summed E-state index contributed by atoms with van der Waals surface area (Å²) in [6, 6.07) is 10.6. The molecule has 1 heterocycles. The monoisotopic (exact) mass is 255 g/mol. The average Bonchev–Trinajstić information content (AvgIpc) is 2.37. The molecule has 0 bridgehead atoms. The summed E-state index contributed by atoms with van der Waals surface area (Å²) < 4.78 is 0. The van der Waals surface area contributed by atoms with E-state index in [-0.39, 0.29) is 6.04 Å². The van der Waals surface area contributed by atoms with Crippen LogP contribution in [0.15, 0.2) is 36.5 Å². The maximum atomic E-state index is 4.43.